The quantitative estimate of drug-likeness (QED) is 0.670. The van der Waals surface area contributed by atoms with Gasteiger partial charge in [-0.2, -0.15) is 0 Å². The van der Waals surface area contributed by atoms with E-state index in [2.05, 4.69) is 19.2 Å². The number of hydrogen-bond acceptors (Lipinski definition) is 4. The molecule has 6 heteroatoms. The maximum atomic E-state index is 12.1. The van der Waals surface area contributed by atoms with Gasteiger partial charge in [-0.25, -0.2) is 0 Å². The predicted octanol–water partition coefficient (Wildman–Crippen LogP) is 3.47. The Kier molecular flexibility index (Phi) is 7.67. The van der Waals surface area contributed by atoms with Crippen LogP contribution in [0.3, 0.4) is 0 Å². The Bertz CT molecular complexity index is 759. The van der Waals surface area contributed by atoms with E-state index in [1.807, 2.05) is 24.3 Å². The molecule has 0 spiro atoms. The van der Waals surface area contributed by atoms with Crippen LogP contribution >= 0.6 is 0 Å². The van der Waals surface area contributed by atoms with Gasteiger partial charge in [0.05, 0.1) is 13.0 Å². The second-order valence-electron chi connectivity index (χ2n) is 6.27. The first-order valence-corrected chi connectivity index (χ1v) is 9.02. The molecule has 0 aromatic heterocycles. The molecule has 0 aliphatic heterocycles. The van der Waals surface area contributed by atoms with Crippen molar-refractivity contribution in [3.05, 3.63) is 54.1 Å². The topological polar surface area (TPSA) is 90.7 Å². The number of amides is 2. The number of benzene rings is 2. The average molecular weight is 370 g/mol. The smallest absolute Gasteiger partial charge is 0.262 e. The van der Waals surface area contributed by atoms with Crippen LogP contribution in [0.2, 0.25) is 0 Å². The number of nitrogens with one attached hydrogen (secondary N) is 1. The SMILES string of the molecule is CCC(C)c1ccccc1OCC(=O)Nc1ccc(OCCC(N)=O)cc1. The van der Waals surface area contributed by atoms with Gasteiger partial charge >= 0.3 is 0 Å². The summed E-state index contributed by atoms with van der Waals surface area (Å²) in [6.45, 7) is 4.42. The summed E-state index contributed by atoms with van der Waals surface area (Å²) < 4.78 is 11.1. The van der Waals surface area contributed by atoms with Gasteiger partial charge in [-0.3, -0.25) is 9.59 Å². The van der Waals surface area contributed by atoms with E-state index in [9.17, 15) is 9.59 Å². The predicted molar refractivity (Wildman–Crippen MR) is 105 cm³/mol. The number of ether oxygens (including phenoxy) is 2. The lowest BCUT2D eigenvalue weighted by Crippen LogP contribution is -2.20. The number of primary amides is 1. The van der Waals surface area contributed by atoms with Crippen molar-refractivity contribution in [2.45, 2.75) is 32.6 Å². The van der Waals surface area contributed by atoms with Gasteiger partial charge < -0.3 is 20.5 Å². The zero-order chi connectivity index (χ0) is 19.6. The van der Waals surface area contributed by atoms with Crippen molar-refractivity contribution < 1.29 is 19.1 Å². The van der Waals surface area contributed by atoms with Gasteiger partial charge in [0.25, 0.3) is 5.91 Å². The van der Waals surface area contributed by atoms with Crippen LogP contribution in [-0.4, -0.2) is 25.0 Å². The van der Waals surface area contributed by atoms with Crippen molar-refractivity contribution in [1.82, 2.24) is 0 Å². The molecule has 0 saturated heterocycles. The van der Waals surface area contributed by atoms with Crippen LogP contribution in [0.4, 0.5) is 5.69 Å². The van der Waals surface area contributed by atoms with E-state index in [0.29, 0.717) is 17.4 Å². The van der Waals surface area contributed by atoms with Gasteiger partial charge in [-0.05, 0) is 48.2 Å². The summed E-state index contributed by atoms with van der Waals surface area (Å²) in [4.78, 5) is 22.8. The van der Waals surface area contributed by atoms with Crippen LogP contribution in [0.5, 0.6) is 11.5 Å². The van der Waals surface area contributed by atoms with E-state index in [-0.39, 0.29) is 25.5 Å². The molecule has 0 bridgehead atoms. The van der Waals surface area contributed by atoms with Crippen molar-refractivity contribution >= 4 is 17.5 Å². The monoisotopic (exact) mass is 370 g/mol. The molecular weight excluding hydrogens is 344 g/mol. The average Bonchev–Trinajstić information content (AvgIpc) is 2.67. The van der Waals surface area contributed by atoms with Gasteiger partial charge in [0.1, 0.15) is 11.5 Å². The first-order valence-electron chi connectivity index (χ1n) is 9.02. The minimum absolute atomic E-state index is 0.0652. The molecule has 0 fully saturated rings. The van der Waals surface area contributed by atoms with E-state index in [0.717, 1.165) is 17.7 Å². The molecule has 0 heterocycles. The van der Waals surface area contributed by atoms with Gasteiger partial charge in [-0.1, -0.05) is 32.0 Å². The molecule has 0 radical (unpaired) electrons. The Morgan fingerprint density at radius 1 is 1.07 bits per heavy atom. The van der Waals surface area contributed by atoms with Gasteiger partial charge in [0.2, 0.25) is 5.91 Å². The highest BCUT2D eigenvalue weighted by Crippen LogP contribution is 2.28. The summed E-state index contributed by atoms with van der Waals surface area (Å²) in [7, 11) is 0. The summed E-state index contributed by atoms with van der Waals surface area (Å²) in [6, 6.07) is 14.7. The number of para-hydroxylation sites is 1. The number of rotatable bonds is 10. The van der Waals surface area contributed by atoms with Crippen molar-refractivity contribution in [2.24, 2.45) is 5.73 Å². The summed E-state index contributed by atoms with van der Waals surface area (Å²) in [5, 5.41) is 2.78. The van der Waals surface area contributed by atoms with E-state index < -0.39 is 5.91 Å². The number of carbonyl (C=O) groups is 2. The zero-order valence-corrected chi connectivity index (χ0v) is 15.7. The third-order valence-corrected chi connectivity index (χ3v) is 4.18. The third kappa shape index (κ3) is 6.66. The third-order valence-electron chi connectivity index (χ3n) is 4.18. The van der Waals surface area contributed by atoms with E-state index >= 15 is 0 Å². The number of nitrogens with two attached hydrogens (primary N) is 1. The fourth-order valence-electron chi connectivity index (χ4n) is 2.48. The van der Waals surface area contributed by atoms with Crippen molar-refractivity contribution in [1.29, 1.82) is 0 Å². The van der Waals surface area contributed by atoms with Crippen molar-refractivity contribution in [3.8, 4) is 11.5 Å². The normalized spacial score (nSPS) is 11.5. The van der Waals surface area contributed by atoms with Gasteiger partial charge in [0.15, 0.2) is 6.61 Å². The number of anilines is 1. The lowest BCUT2D eigenvalue weighted by atomic mass is 9.98. The van der Waals surface area contributed by atoms with E-state index in [1.54, 1.807) is 24.3 Å². The molecule has 6 nitrogen and oxygen atoms in total. The molecule has 2 aromatic rings. The maximum absolute atomic E-state index is 12.1. The Balaban J connectivity index is 1.85. The van der Waals surface area contributed by atoms with Crippen LogP contribution in [0.15, 0.2) is 48.5 Å². The molecule has 0 aliphatic carbocycles. The first kappa shape index (κ1) is 20.3. The molecule has 2 amide bonds. The van der Waals surface area contributed by atoms with Crippen LogP contribution in [0.25, 0.3) is 0 Å². The molecule has 0 aliphatic rings. The number of carbonyl (C=O) groups excluding carboxylic acids is 2. The van der Waals surface area contributed by atoms with Crippen LogP contribution in [0.1, 0.15) is 38.2 Å². The fraction of sp³-hybridized carbons (Fsp3) is 0.333. The zero-order valence-electron chi connectivity index (χ0n) is 15.7. The molecule has 0 saturated carbocycles. The molecule has 27 heavy (non-hydrogen) atoms. The molecule has 144 valence electrons. The van der Waals surface area contributed by atoms with Crippen LogP contribution in [0, 0.1) is 0 Å². The number of hydrogen-bond donors (Lipinski definition) is 2. The van der Waals surface area contributed by atoms with Gasteiger partial charge in [-0.15, -0.1) is 0 Å². The summed E-state index contributed by atoms with van der Waals surface area (Å²) in [5.74, 6) is 1.06. The molecule has 1 atom stereocenters. The Labute approximate surface area is 159 Å². The Morgan fingerprint density at radius 2 is 1.78 bits per heavy atom. The van der Waals surface area contributed by atoms with E-state index in [1.165, 1.54) is 0 Å². The fourth-order valence-corrected chi connectivity index (χ4v) is 2.48. The molecule has 2 rings (SSSR count). The molecule has 2 aromatic carbocycles. The highest BCUT2D eigenvalue weighted by Gasteiger charge is 2.11. The summed E-state index contributed by atoms with van der Waals surface area (Å²) >= 11 is 0. The largest absolute Gasteiger partial charge is 0.493 e. The highest BCUT2D eigenvalue weighted by atomic mass is 16.5. The lowest BCUT2D eigenvalue weighted by Gasteiger charge is -2.15. The first-order chi connectivity index (χ1) is 13.0. The lowest BCUT2D eigenvalue weighted by molar-refractivity contribution is -0.119. The Morgan fingerprint density at radius 3 is 2.44 bits per heavy atom. The highest BCUT2D eigenvalue weighted by molar-refractivity contribution is 5.91. The van der Waals surface area contributed by atoms with Crippen LogP contribution in [-0.2, 0) is 9.59 Å². The second-order valence-corrected chi connectivity index (χ2v) is 6.27. The minimum atomic E-state index is -0.409. The van der Waals surface area contributed by atoms with Gasteiger partial charge in [0, 0.05) is 5.69 Å². The Hall–Kier alpha value is -3.02. The summed E-state index contributed by atoms with van der Waals surface area (Å²) in [6.07, 6.45) is 1.16. The van der Waals surface area contributed by atoms with Crippen molar-refractivity contribution in [3.63, 3.8) is 0 Å². The second kappa shape index (κ2) is 10.2. The minimum Gasteiger partial charge on any atom is -0.493 e. The van der Waals surface area contributed by atoms with E-state index in [4.69, 9.17) is 15.2 Å². The molecular formula is C21H26N2O4. The standard InChI is InChI=1S/C21H26N2O4/c1-3-15(2)18-6-4-5-7-19(18)27-14-21(25)23-16-8-10-17(11-9-16)26-13-12-20(22)24/h4-11,15H,3,12-14H2,1-2H3,(H2,22,24)(H,23,25). The molecule has 3 N–H and O–H groups in total. The molecule has 1 unspecified atom stereocenters. The summed E-state index contributed by atoms with van der Waals surface area (Å²) in [5.41, 5.74) is 6.80. The maximum Gasteiger partial charge on any atom is 0.262 e. The van der Waals surface area contributed by atoms with Crippen LogP contribution < -0.4 is 20.5 Å². The van der Waals surface area contributed by atoms with Crippen molar-refractivity contribution in [2.75, 3.05) is 18.5 Å².